The minimum atomic E-state index is -0.263. The predicted octanol–water partition coefficient (Wildman–Crippen LogP) is 1.47. The number of aromatic nitrogens is 2. The third-order valence-corrected chi connectivity index (χ3v) is 3.19. The fourth-order valence-corrected chi connectivity index (χ4v) is 2.08. The van der Waals surface area contributed by atoms with E-state index in [0.717, 1.165) is 17.2 Å². The van der Waals surface area contributed by atoms with Crippen LogP contribution in [0.4, 0.5) is 0 Å². The largest absolute Gasteiger partial charge is 0.392 e. The second-order valence-electron chi connectivity index (χ2n) is 3.41. The molecule has 1 aromatic heterocycles. The summed E-state index contributed by atoms with van der Waals surface area (Å²) in [4.78, 5) is 0. The minimum absolute atomic E-state index is 0.263. The van der Waals surface area contributed by atoms with E-state index in [1.165, 1.54) is 6.42 Å². The van der Waals surface area contributed by atoms with Crippen molar-refractivity contribution in [1.82, 2.24) is 9.78 Å². The van der Waals surface area contributed by atoms with Gasteiger partial charge in [-0.2, -0.15) is 16.9 Å². The number of aliphatic hydroxyl groups excluding tert-OH is 1. The van der Waals surface area contributed by atoms with Crippen LogP contribution in [-0.4, -0.2) is 32.5 Å². The van der Waals surface area contributed by atoms with Gasteiger partial charge in [0, 0.05) is 25.4 Å². The van der Waals surface area contributed by atoms with Crippen LogP contribution in [0.1, 0.15) is 19.0 Å². The molecular formula is C10H18N2OS. The van der Waals surface area contributed by atoms with Crippen LogP contribution < -0.4 is 0 Å². The molecule has 0 amide bonds. The summed E-state index contributed by atoms with van der Waals surface area (Å²) in [6.07, 6.45) is 3.47. The molecule has 0 aliphatic rings. The van der Waals surface area contributed by atoms with Crippen LogP contribution in [0.25, 0.3) is 0 Å². The fourth-order valence-electron chi connectivity index (χ4n) is 1.24. The van der Waals surface area contributed by atoms with Gasteiger partial charge in [0.25, 0.3) is 0 Å². The number of rotatable bonds is 6. The smallest absolute Gasteiger partial charge is 0.0686 e. The lowest BCUT2D eigenvalue weighted by atomic mass is 10.2. The molecule has 0 fully saturated rings. The maximum absolute atomic E-state index is 9.67. The van der Waals surface area contributed by atoms with Crippen molar-refractivity contribution in [3.63, 3.8) is 0 Å². The van der Waals surface area contributed by atoms with E-state index >= 15 is 0 Å². The quantitative estimate of drug-likeness (QED) is 0.729. The zero-order valence-corrected chi connectivity index (χ0v) is 9.63. The van der Waals surface area contributed by atoms with E-state index in [1.807, 2.05) is 19.3 Å². The first kappa shape index (κ1) is 11.6. The molecule has 0 saturated heterocycles. The molecule has 0 aromatic carbocycles. The summed E-state index contributed by atoms with van der Waals surface area (Å²) < 4.78 is 1.77. The fraction of sp³-hybridized carbons (Fsp3) is 0.700. The highest BCUT2D eigenvalue weighted by atomic mass is 32.2. The number of nitrogens with zero attached hydrogens (tertiary/aromatic N) is 2. The Hall–Kier alpha value is -0.480. The van der Waals surface area contributed by atoms with Crippen LogP contribution in [0.15, 0.2) is 12.3 Å². The van der Waals surface area contributed by atoms with Gasteiger partial charge in [0.2, 0.25) is 0 Å². The van der Waals surface area contributed by atoms with E-state index in [9.17, 15) is 5.11 Å². The molecule has 80 valence electrons. The molecule has 0 radical (unpaired) electrons. The highest BCUT2D eigenvalue weighted by Gasteiger charge is 2.07. The highest BCUT2D eigenvalue weighted by molar-refractivity contribution is 7.99. The molecule has 0 bridgehead atoms. The van der Waals surface area contributed by atoms with Crippen molar-refractivity contribution in [3.05, 3.63) is 18.0 Å². The zero-order valence-electron chi connectivity index (χ0n) is 8.81. The molecule has 0 aliphatic carbocycles. The summed E-state index contributed by atoms with van der Waals surface area (Å²) in [5.74, 6) is 1.93. The summed E-state index contributed by atoms with van der Waals surface area (Å²) in [6.45, 7) is 2.15. The molecular weight excluding hydrogens is 196 g/mol. The number of aliphatic hydroxyl groups is 1. The van der Waals surface area contributed by atoms with Crippen molar-refractivity contribution < 1.29 is 5.11 Å². The molecule has 1 unspecified atom stereocenters. The third-order valence-electron chi connectivity index (χ3n) is 1.87. The van der Waals surface area contributed by atoms with Crippen molar-refractivity contribution >= 4 is 11.8 Å². The Kier molecular flexibility index (Phi) is 5.04. The Morgan fingerprint density at radius 3 is 3.00 bits per heavy atom. The summed E-state index contributed by atoms with van der Waals surface area (Å²) in [5, 5.41) is 13.9. The molecule has 4 heteroatoms. The van der Waals surface area contributed by atoms with Crippen molar-refractivity contribution in [2.45, 2.75) is 25.9 Å². The van der Waals surface area contributed by atoms with Gasteiger partial charge < -0.3 is 5.11 Å². The highest BCUT2D eigenvalue weighted by Crippen LogP contribution is 2.08. The van der Waals surface area contributed by atoms with Gasteiger partial charge in [0.05, 0.1) is 11.8 Å². The summed E-state index contributed by atoms with van der Waals surface area (Å²) in [5.41, 5.74) is 0.970. The average Bonchev–Trinajstić information content (AvgIpc) is 2.52. The Labute approximate surface area is 89.5 Å². The van der Waals surface area contributed by atoms with E-state index in [-0.39, 0.29) is 6.10 Å². The van der Waals surface area contributed by atoms with Crippen LogP contribution >= 0.6 is 11.8 Å². The zero-order chi connectivity index (χ0) is 10.4. The molecule has 1 atom stereocenters. The Bertz CT molecular complexity index is 262. The Morgan fingerprint density at radius 1 is 1.64 bits per heavy atom. The molecule has 1 N–H and O–H groups in total. The predicted molar refractivity (Wildman–Crippen MR) is 60.5 cm³/mol. The first-order chi connectivity index (χ1) is 6.72. The molecule has 14 heavy (non-hydrogen) atoms. The first-order valence-corrected chi connectivity index (χ1v) is 6.12. The molecule has 1 heterocycles. The molecule has 0 spiro atoms. The van der Waals surface area contributed by atoms with Gasteiger partial charge in [-0.05, 0) is 18.2 Å². The van der Waals surface area contributed by atoms with Crippen molar-refractivity contribution in [2.24, 2.45) is 7.05 Å². The van der Waals surface area contributed by atoms with Crippen LogP contribution in [0.3, 0.4) is 0 Å². The molecule has 0 saturated carbocycles. The standard InChI is InChI=1S/C10H18N2OS/c1-3-6-14-8-10(13)7-9-4-5-12(2)11-9/h4-5,10,13H,3,6-8H2,1-2H3. The lowest BCUT2D eigenvalue weighted by Crippen LogP contribution is -2.14. The van der Waals surface area contributed by atoms with Crippen molar-refractivity contribution in [1.29, 1.82) is 0 Å². The lowest BCUT2D eigenvalue weighted by Gasteiger charge is -2.07. The number of thioether (sulfide) groups is 1. The normalized spacial score (nSPS) is 13.1. The SMILES string of the molecule is CCCSCC(O)Cc1ccn(C)n1. The van der Waals surface area contributed by atoms with Gasteiger partial charge in [0.1, 0.15) is 0 Å². The minimum Gasteiger partial charge on any atom is -0.392 e. The van der Waals surface area contributed by atoms with Gasteiger partial charge >= 0.3 is 0 Å². The van der Waals surface area contributed by atoms with Crippen LogP contribution in [-0.2, 0) is 13.5 Å². The van der Waals surface area contributed by atoms with Crippen LogP contribution in [0.2, 0.25) is 0 Å². The maximum atomic E-state index is 9.67. The number of hydrogen-bond acceptors (Lipinski definition) is 3. The molecule has 1 aromatic rings. The summed E-state index contributed by atoms with van der Waals surface area (Å²) >= 11 is 1.80. The van der Waals surface area contributed by atoms with Gasteiger partial charge in [-0.1, -0.05) is 6.92 Å². The molecule has 1 rings (SSSR count). The second-order valence-corrected chi connectivity index (χ2v) is 4.56. The molecule has 0 aliphatic heterocycles. The van der Waals surface area contributed by atoms with E-state index in [0.29, 0.717) is 6.42 Å². The average molecular weight is 214 g/mol. The van der Waals surface area contributed by atoms with Gasteiger partial charge in [-0.25, -0.2) is 0 Å². The first-order valence-electron chi connectivity index (χ1n) is 4.96. The van der Waals surface area contributed by atoms with Crippen LogP contribution in [0.5, 0.6) is 0 Å². The topological polar surface area (TPSA) is 38.0 Å². The Balaban J connectivity index is 2.23. The second kappa shape index (κ2) is 6.09. The summed E-state index contributed by atoms with van der Waals surface area (Å²) in [7, 11) is 1.89. The monoisotopic (exact) mass is 214 g/mol. The number of hydrogen-bond donors (Lipinski definition) is 1. The van der Waals surface area contributed by atoms with Crippen molar-refractivity contribution in [2.75, 3.05) is 11.5 Å². The van der Waals surface area contributed by atoms with Crippen molar-refractivity contribution in [3.8, 4) is 0 Å². The van der Waals surface area contributed by atoms with Crippen LogP contribution in [0, 0.1) is 0 Å². The van der Waals surface area contributed by atoms with E-state index in [2.05, 4.69) is 12.0 Å². The van der Waals surface area contributed by atoms with E-state index in [1.54, 1.807) is 16.4 Å². The lowest BCUT2D eigenvalue weighted by molar-refractivity contribution is 0.198. The third kappa shape index (κ3) is 4.15. The Morgan fingerprint density at radius 2 is 2.43 bits per heavy atom. The van der Waals surface area contributed by atoms with Gasteiger partial charge in [0.15, 0.2) is 0 Å². The molecule has 3 nitrogen and oxygen atoms in total. The van der Waals surface area contributed by atoms with E-state index in [4.69, 9.17) is 0 Å². The maximum Gasteiger partial charge on any atom is 0.0686 e. The van der Waals surface area contributed by atoms with Gasteiger partial charge in [-0.15, -0.1) is 0 Å². The van der Waals surface area contributed by atoms with Gasteiger partial charge in [-0.3, -0.25) is 4.68 Å². The van der Waals surface area contributed by atoms with E-state index < -0.39 is 0 Å². The number of aryl methyl sites for hydroxylation is 1. The summed E-state index contributed by atoms with van der Waals surface area (Å²) in [6, 6.07) is 1.95.